The van der Waals surface area contributed by atoms with Gasteiger partial charge in [0.05, 0.1) is 25.3 Å². The Hall–Kier alpha value is -2.54. The van der Waals surface area contributed by atoms with Gasteiger partial charge in [-0.15, -0.1) is 21.8 Å². The van der Waals surface area contributed by atoms with Crippen molar-refractivity contribution in [3.8, 4) is 22.8 Å². The van der Waals surface area contributed by atoms with Crippen molar-refractivity contribution in [1.82, 2.24) is 15.1 Å². The van der Waals surface area contributed by atoms with Crippen molar-refractivity contribution in [2.45, 2.75) is 13.8 Å². The van der Waals surface area contributed by atoms with Crippen LogP contribution in [0.15, 0.2) is 30.3 Å². The normalized spacial score (nSPS) is 14.7. The Morgan fingerprint density at radius 3 is 2.28 bits per heavy atom. The minimum Gasteiger partial charge on any atom is -0.493 e. The van der Waals surface area contributed by atoms with Crippen LogP contribution in [0.25, 0.3) is 11.3 Å². The minimum absolute atomic E-state index is 0.0991. The van der Waals surface area contributed by atoms with E-state index in [4.69, 9.17) is 21.1 Å². The standard InChI is InChI=1S/C21H27ClN4O3/c1-21(2,14-22)20(27)26-11-9-25(10-12-26)19-8-6-16(23-24-19)15-5-7-17(28-3)18(13-15)29-4/h5-8,13H,9-12,14H2,1-4H3. The van der Waals surface area contributed by atoms with Crippen LogP contribution in [-0.4, -0.2) is 67.3 Å². The highest BCUT2D eigenvalue weighted by Crippen LogP contribution is 2.31. The molecule has 1 amide bonds. The van der Waals surface area contributed by atoms with E-state index in [0.717, 1.165) is 17.1 Å². The molecule has 0 unspecified atom stereocenters. The number of hydrogen-bond donors (Lipinski definition) is 0. The number of anilines is 1. The highest BCUT2D eigenvalue weighted by molar-refractivity contribution is 6.19. The molecule has 0 aliphatic carbocycles. The van der Waals surface area contributed by atoms with Gasteiger partial charge in [0.25, 0.3) is 0 Å². The molecule has 1 aromatic heterocycles. The second kappa shape index (κ2) is 8.86. The molecule has 0 radical (unpaired) electrons. The molecule has 1 aliphatic rings. The van der Waals surface area contributed by atoms with Gasteiger partial charge in [-0.3, -0.25) is 4.79 Å². The highest BCUT2D eigenvalue weighted by Gasteiger charge is 2.33. The maximum Gasteiger partial charge on any atom is 0.229 e. The van der Waals surface area contributed by atoms with Crippen LogP contribution in [-0.2, 0) is 4.79 Å². The van der Waals surface area contributed by atoms with E-state index in [2.05, 4.69) is 15.1 Å². The number of methoxy groups -OCH3 is 2. The second-order valence-corrected chi connectivity index (χ2v) is 7.91. The Morgan fingerprint density at radius 2 is 1.72 bits per heavy atom. The van der Waals surface area contributed by atoms with Crippen LogP contribution in [0.4, 0.5) is 5.82 Å². The first kappa shape index (κ1) is 21.2. The summed E-state index contributed by atoms with van der Waals surface area (Å²) in [4.78, 5) is 16.6. The Bertz CT molecular complexity index is 850. The number of hydrogen-bond acceptors (Lipinski definition) is 6. The number of carbonyl (C=O) groups excluding carboxylic acids is 1. The van der Waals surface area contributed by atoms with Gasteiger partial charge in [0.1, 0.15) is 0 Å². The lowest BCUT2D eigenvalue weighted by Crippen LogP contribution is -2.52. The van der Waals surface area contributed by atoms with E-state index < -0.39 is 5.41 Å². The molecule has 29 heavy (non-hydrogen) atoms. The first-order valence-corrected chi connectivity index (χ1v) is 10.1. The monoisotopic (exact) mass is 418 g/mol. The number of ether oxygens (including phenoxy) is 2. The van der Waals surface area contributed by atoms with Crippen LogP contribution >= 0.6 is 11.6 Å². The first-order valence-electron chi connectivity index (χ1n) is 9.56. The van der Waals surface area contributed by atoms with Crippen molar-refractivity contribution in [1.29, 1.82) is 0 Å². The van der Waals surface area contributed by atoms with Crippen LogP contribution in [0.2, 0.25) is 0 Å². The molecular formula is C21H27ClN4O3. The Morgan fingerprint density at radius 1 is 1.03 bits per heavy atom. The fourth-order valence-electron chi connectivity index (χ4n) is 3.27. The van der Waals surface area contributed by atoms with Crippen molar-refractivity contribution in [2.75, 3.05) is 51.2 Å². The van der Waals surface area contributed by atoms with Crippen molar-refractivity contribution in [3.05, 3.63) is 30.3 Å². The predicted octanol–water partition coefficient (Wildman–Crippen LogP) is 3.07. The molecular weight excluding hydrogens is 392 g/mol. The van der Waals surface area contributed by atoms with Crippen LogP contribution < -0.4 is 14.4 Å². The number of alkyl halides is 1. The maximum absolute atomic E-state index is 12.6. The topological polar surface area (TPSA) is 67.8 Å². The zero-order valence-corrected chi connectivity index (χ0v) is 18.1. The van der Waals surface area contributed by atoms with E-state index >= 15 is 0 Å². The molecule has 2 heterocycles. The van der Waals surface area contributed by atoms with Gasteiger partial charge in [0.2, 0.25) is 5.91 Å². The zero-order valence-electron chi connectivity index (χ0n) is 17.3. The molecule has 8 heteroatoms. The molecule has 0 spiro atoms. The molecule has 7 nitrogen and oxygen atoms in total. The number of aromatic nitrogens is 2. The summed E-state index contributed by atoms with van der Waals surface area (Å²) >= 11 is 5.94. The van der Waals surface area contributed by atoms with Gasteiger partial charge < -0.3 is 19.3 Å². The van der Waals surface area contributed by atoms with Gasteiger partial charge in [-0.05, 0) is 44.2 Å². The number of nitrogens with zero attached hydrogens (tertiary/aromatic N) is 4. The zero-order chi connectivity index (χ0) is 21.0. The lowest BCUT2D eigenvalue weighted by molar-refractivity contribution is -0.139. The summed E-state index contributed by atoms with van der Waals surface area (Å²) in [5.74, 6) is 2.54. The van der Waals surface area contributed by atoms with Gasteiger partial charge in [-0.25, -0.2) is 0 Å². The average Bonchev–Trinajstić information content (AvgIpc) is 2.78. The molecule has 1 fully saturated rings. The number of piperazine rings is 1. The lowest BCUT2D eigenvalue weighted by atomic mass is 9.94. The lowest BCUT2D eigenvalue weighted by Gasteiger charge is -2.38. The Labute approximate surface area is 176 Å². The van der Waals surface area contributed by atoms with E-state index in [1.54, 1.807) is 14.2 Å². The summed E-state index contributed by atoms with van der Waals surface area (Å²) in [5.41, 5.74) is 1.12. The molecule has 0 saturated carbocycles. The quantitative estimate of drug-likeness (QED) is 0.671. The fourth-order valence-corrected chi connectivity index (χ4v) is 3.38. The molecule has 0 atom stereocenters. The molecule has 0 bridgehead atoms. The van der Waals surface area contributed by atoms with E-state index in [1.165, 1.54) is 0 Å². The number of carbonyl (C=O) groups is 1. The summed E-state index contributed by atoms with van der Waals surface area (Å²) in [6.45, 7) is 6.50. The summed E-state index contributed by atoms with van der Waals surface area (Å²) < 4.78 is 10.6. The van der Waals surface area contributed by atoms with Crippen molar-refractivity contribution < 1.29 is 14.3 Å². The molecule has 3 rings (SSSR count). The molecule has 156 valence electrons. The predicted molar refractivity (Wildman–Crippen MR) is 114 cm³/mol. The summed E-state index contributed by atoms with van der Waals surface area (Å²) in [6.07, 6.45) is 0. The highest BCUT2D eigenvalue weighted by atomic mass is 35.5. The smallest absolute Gasteiger partial charge is 0.229 e. The molecule has 1 saturated heterocycles. The average molecular weight is 419 g/mol. The summed E-state index contributed by atoms with van der Waals surface area (Å²) in [7, 11) is 3.21. The van der Waals surface area contributed by atoms with E-state index in [9.17, 15) is 4.79 Å². The van der Waals surface area contributed by atoms with Crippen LogP contribution in [0.3, 0.4) is 0 Å². The number of amides is 1. The number of rotatable bonds is 6. The third-order valence-electron chi connectivity index (χ3n) is 5.13. The molecule has 1 aromatic carbocycles. The van der Waals surface area contributed by atoms with Gasteiger partial charge in [-0.2, -0.15) is 0 Å². The largest absolute Gasteiger partial charge is 0.493 e. The van der Waals surface area contributed by atoms with Gasteiger partial charge >= 0.3 is 0 Å². The number of benzene rings is 1. The first-order chi connectivity index (χ1) is 13.9. The van der Waals surface area contributed by atoms with E-state index in [1.807, 2.05) is 49.1 Å². The summed E-state index contributed by atoms with van der Waals surface area (Å²) in [5, 5.41) is 8.77. The van der Waals surface area contributed by atoms with Crippen molar-refractivity contribution in [2.24, 2.45) is 5.41 Å². The van der Waals surface area contributed by atoms with Crippen molar-refractivity contribution >= 4 is 23.3 Å². The second-order valence-electron chi connectivity index (χ2n) is 7.64. The van der Waals surface area contributed by atoms with Crippen LogP contribution in [0.5, 0.6) is 11.5 Å². The van der Waals surface area contributed by atoms with Crippen LogP contribution in [0, 0.1) is 5.41 Å². The minimum atomic E-state index is -0.537. The van der Waals surface area contributed by atoms with E-state index in [-0.39, 0.29) is 5.91 Å². The van der Waals surface area contributed by atoms with Gasteiger partial charge in [0.15, 0.2) is 17.3 Å². The third-order valence-corrected chi connectivity index (χ3v) is 5.80. The van der Waals surface area contributed by atoms with E-state index in [0.29, 0.717) is 43.6 Å². The molecule has 0 N–H and O–H groups in total. The van der Waals surface area contributed by atoms with Crippen LogP contribution in [0.1, 0.15) is 13.8 Å². The van der Waals surface area contributed by atoms with Gasteiger partial charge in [-0.1, -0.05) is 0 Å². The molecule has 1 aliphatic heterocycles. The SMILES string of the molecule is COc1ccc(-c2ccc(N3CCN(C(=O)C(C)(C)CCl)CC3)nn2)cc1OC. The Balaban J connectivity index is 1.67. The van der Waals surface area contributed by atoms with Gasteiger partial charge in [0, 0.05) is 37.6 Å². The fraction of sp³-hybridized carbons (Fsp3) is 0.476. The number of halogens is 1. The maximum atomic E-state index is 12.6. The Kier molecular flexibility index (Phi) is 6.47. The third kappa shape index (κ3) is 4.56. The van der Waals surface area contributed by atoms with Crippen molar-refractivity contribution in [3.63, 3.8) is 0 Å². The summed E-state index contributed by atoms with van der Waals surface area (Å²) in [6, 6.07) is 9.55. The molecule has 2 aromatic rings.